The van der Waals surface area contributed by atoms with Gasteiger partial charge in [-0.25, -0.2) is 8.78 Å². The van der Waals surface area contributed by atoms with Crippen molar-refractivity contribution >= 4 is 11.7 Å². The summed E-state index contributed by atoms with van der Waals surface area (Å²) in [5.74, 6) is -2.63. The van der Waals surface area contributed by atoms with Gasteiger partial charge in [-0.15, -0.1) is 0 Å². The summed E-state index contributed by atoms with van der Waals surface area (Å²) in [6.45, 7) is 4.02. The number of Topliss-reactive ketones (excluding diaryl/α,β-unsaturated/α-hetero) is 1. The monoisotopic (exact) mass is 282 g/mol. The Balaban J connectivity index is 2.22. The van der Waals surface area contributed by atoms with E-state index in [2.05, 4.69) is 5.32 Å². The molecule has 1 heterocycles. The predicted octanol–water partition coefficient (Wildman–Crippen LogP) is 1.36. The van der Waals surface area contributed by atoms with E-state index in [1.807, 2.05) is 0 Å². The van der Waals surface area contributed by atoms with Gasteiger partial charge in [-0.05, 0) is 26.0 Å². The number of nitrogens with one attached hydrogen (secondary N) is 1. The molecule has 0 saturated carbocycles. The number of carbonyl (C=O) groups is 2. The molecule has 1 aromatic carbocycles. The second-order valence-corrected chi connectivity index (χ2v) is 5.26. The molecule has 1 N–H and O–H groups in total. The standard InChI is InChI=1S/C14H16F2N2O2/c1-14(2)13(20)17-6-7-18(14)8-11(19)12-9(15)4-3-5-10(12)16/h3-5H,6-8H2,1-2H3,(H,17,20). The maximum Gasteiger partial charge on any atom is 0.240 e. The Kier molecular flexibility index (Phi) is 3.85. The van der Waals surface area contributed by atoms with Crippen LogP contribution in [-0.2, 0) is 4.79 Å². The Labute approximate surface area is 115 Å². The van der Waals surface area contributed by atoms with Gasteiger partial charge in [-0.1, -0.05) is 6.07 Å². The Morgan fingerprint density at radius 2 is 1.95 bits per heavy atom. The Morgan fingerprint density at radius 1 is 1.35 bits per heavy atom. The molecule has 1 amide bonds. The van der Waals surface area contributed by atoms with Gasteiger partial charge in [0, 0.05) is 13.1 Å². The second-order valence-electron chi connectivity index (χ2n) is 5.26. The summed E-state index contributed by atoms with van der Waals surface area (Å²) in [5, 5.41) is 2.70. The summed E-state index contributed by atoms with van der Waals surface area (Å²) in [5.41, 5.74) is -1.43. The fourth-order valence-corrected chi connectivity index (χ4v) is 2.24. The maximum absolute atomic E-state index is 13.6. The molecule has 0 radical (unpaired) electrons. The van der Waals surface area contributed by atoms with Gasteiger partial charge in [0.15, 0.2) is 5.78 Å². The van der Waals surface area contributed by atoms with Crippen LogP contribution in [0.2, 0.25) is 0 Å². The van der Waals surface area contributed by atoms with Crippen molar-refractivity contribution in [3.8, 4) is 0 Å². The van der Waals surface area contributed by atoms with Crippen LogP contribution in [0.4, 0.5) is 8.78 Å². The zero-order chi connectivity index (χ0) is 14.9. The normalized spacial score (nSPS) is 18.7. The summed E-state index contributed by atoms with van der Waals surface area (Å²) in [7, 11) is 0. The highest BCUT2D eigenvalue weighted by Gasteiger charge is 2.38. The lowest BCUT2D eigenvalue weighted by molar-refractivity contribution is -0.134. The Hall–Kier alpha value is -1.82. The molecule has 1 saturated heterocycles. The van der Waals surface area contributed by atoms with Crippen molar-refractivity contribution in [1.29, 1.82) is 0 Å². The van der Waals surface area contributed by atoms with Crippen LogP contribution in [0.3, 0.4) is 0 Å². The van der Waals surface area contributed by atoms with Crippen molar-refractivity contribution in [3.05, 3.63) is 35.4 Å². The molecule has 2 rings (SSSR count). The van der Waals surface area contributed by atoms with E-state index in [1.54, 1.807) is 18.7 Å². The molecule has 0 aliphatic carbocycles. The summed E-state index contributed by atoms with van der Waals surface area (Å²) < 4.78 is 27.1. The van der Waals surface area contributed by atoms with E-state index in [-0.39, 0.29) is 12.5 Å². The van der Waals surface area contributed by atoms with Gasteiger partial charge in [0.05, 0.1) is 17.6 Å². The van der Waals surface area contributed by atoms with Gasteiger partial charge in [0.1, 0.15) is 11.6 Å². The summed E-state index contributed by atoms with van der Waals surface area (Å²) in [6.07, 6.45) is 0. The predicted molar refractivity (Wildman–Crippen MR) is 69.4 cm³/mol. The van der Waals surface area contributed by atoms with E-state index in [9.17, 15) is 18.4 Å². The van der Waals surface area contributed by atoms with Crippen molar-refractivity contribution in [3.63, 3.8) is 0 Å². The molecule has 4 nitrogen and oxygen atoms in total. The van der Waals surface area contributed by atoms with Gasteiger partial charge in [-0.2, -0.15) is 0 Å². The fraction of sp³-hybridized carbons (Fsp3) is 0.429. The van der Waals surface area contributed by atoms with Crippen molar-refractivity contribution in [2.24, 2.45) is 0 Å². The quantitative estimate of drug-likeness (QED) is 0.852. The highest BCUT2D eigenvalue weighted by atomic mass is 19.1. The molecule has 0 spiro atoms. The van der Waals surface area contributed by atoms with Gasteiger partial charge in [0.2, 0.25) is 5.91 Å². The molecule has 6 heteroatoms. The average Bonchev–Trinajstić information content (AvgIpc) is 2.35. The first-order chi connectivity index (χ1) is 9.34. The van der Waals surface area contributed by atoms with Crippen LogP contribution in [0.25, 0.3) is 0 Å². The molecule has 0 bridgehead atoms. The summed E-state index contributed by atoms with van der Waals surface area (Å²) in [4.78, 5) is 25.5. The lowest BCUT2D eigenvalue weighted by Crippen LogP contribution is -2.62. The van der Waals surface area contributed by atoms with Crippen LogP contribution in [0, 0.1) is 11.6 Å². The molecule has 0 unspecified atom stereocenters. The molecular formula is C14H16F2N2O2. The van der Waals surface area contributed by atoms with Crippen LogP contribution in [0.5, 0.6) is 0 Å². The van der Waals surface area contributed by atoms with Crippen LogP contribution in [0.15, 0.2) is 18.2 Å². The van der Waals surface area contributed by atoms with Crippen LogP contribution < -0.4 is 5.32 Å². The Bertz CT molecular complexity index is 538. The lowest BCUT2D eigenvalue weighted by atomic mass is 9.97. The van der Waals surface area contributed by atoms with Crippen molar-refractivity contribution in [1.82, 2.24) is 10.2 Å². The molecule has 20 heavy (non-hydrogen) atoms. The second kappa shape index (κ2) is 5.28. The van der Waals surface area contributed by atoms with Crippen LogP contribution >= 0.6 is 0 Å². The van der Waals surface area contributed by atoms with Crippen molar-refractivity contribution < 1.29 is 18.4 Å². The fourth-order valence-electron chi connectivity index (χ4n) is 2.24. The summed E-state index contributed by atoms with van der Waals surface area (Å²) >= 11 is 0. The zero-order valence-corrected chi connectivity index (χ0v) is 11.4. The van der Waals surface area contributed by atoms with Crippen LogP contribution in [0.1, 0.15) is 24.2 Å². The number of hydrogen-bond donors (Lipinski definition) is 1. The highest BCUT2D eigenvalue weighted by Crippen LogP contribution is 2.20. The van der Waals surface area contributed by atoms with Crippen LogP contribution in [-0.4, -0.2) is 41.8 Å². The van der Waals surface area contributed by atoms with E-state index in [0.29, 0.717) is 13.1 Å². The highest BCUT2D eigenvalue weighted by molar-refractivity contribution is 5.98. The number of rotatable bonds is 3. The maximum atomic E-state index is 13.6. The minimum absolute atomic E-state index is 0.196. The molecule has 1 aliphatic rings. The molecular weight excluding hydrogens is 266 g/mol. The third-order valence-electron chi connectivity index (χ3n) is 3.59. The molecule has 0 atom stereocenters. The number of halogens is 2. The third kappa shape index (κ3) is 2.56. The van der Waals surface area contributed by atoms with Crippen molar-refractivity contribution in [2.75, 3.05) is 19.6 Å². The number of amides is 1. The number of nitrogens with zero attached hydrogens (tertiary/aromatic N) is 1. The van der Waals surface area contributed by atoms with E-state index in [1.165, 1.54) is 6.07 Å². The third-order valence-corrected chi connectivity index (χ3v) is 3.59. The van der Waals surface area contributed by atoms with Gasteiger partial charge in [0.25, 0.3) is 0 Å². The van der Waals surface area contributed by atoms with E-state index in [4.69, 9.17) is 0 Å². The molecule has 1 aliphatic heterocycles. The molecule has 1 aromatic rings. The van der Waals surface area contributed by atoms with E-state index in [0.717, 1.165) is 12.1 Å². The minimum Gasteiger partial charge on any atom is -0.353 e. The van der Waals surface area contributed by atoms with E-state index >= 15 is 0 Å². The SMILES string of the molecule is CC1(C)C(=O)NCCN1CC(=O)c1c(F)cccc1F. The molecule has 108 valence electrons. The van der Waals surface area contributed by atoms with Gasteiger partial charge in [-0.3, -0.25) is 14.5 Å². The first kappa shape index (κ1) is 14.6. The van der Waals surface area contributed by atoms with Crippen molar-refractivity contribution in [2.45, 2.75) is 19.4 Å². The molecule has 0 aromatic heterocycles. The largest absolute Gasteiger partial charge is 0.353 e. The minimum atomic E-state index is -0.880. The number of hydrogen-bond acceptors (Lipinski definition) is 3. The van der Waals surface area contributed by atoms with Gasteiger partial charge >= 0.3 is 0 Å². The number of piperazine rings is 1. The Morgan fingerprint density at radius 3 is 2.55 bits per heavy atom. The number of benzene rings is 1. The first-order valence-corrected chi connectivity index (χ1v) is 6.34. The van der Waals surface area contributed by atoms with E-state index < -0.39 is 28.5 Å². The average molecular weight is 282 g/mol. The lowest BCUT2D eigenvalue weighted by Gasteiger charge is -2.40. The smallest absolute Gasteiger partial charge is 0.240 e. The number of carbonyl (C=O) groups excluding carboxylic acids is 2. The number of ketones is 1. The first-order valence-electron chi connectivity index (χ1n) is 6.34. The summed E-state index contributed by atoms with van der Waals surface area (Å²) in [6, 6.07) is 3.30. The topological polar surface area (TPSA) is 49.4 Å². The molecule has 1 fully saturated rings. The zero-order valence-electron chi connectivity index (χ0n) is 11.4. The van der Waals surface area contributed by atoms with Gasteiger partial charge < -0.3 is 5.32 Å².